The van der Waals surface area contributed by atoms with E-state index in [-0.39, 0.29) is 5.91 Å². The van der Waals surface area contributed by atoms with Gasteiger partial charge in [-0.15, -0.1) is 0 Å². The predicted octanol–water partition coefficient (Wildman–Crippen LogP) is 0.764. The number of likely N-dealkylation sites (tertiary alicyclic amines) is 1. The molecule has 1 saturated heterocycles. The zero-order chi connectivity index (χ0) is 10.4. The van der Waals surface area contributed by atoms with Crippen LogP contribution in [0.15, 0.2) is 0 Å². The summed E-state index contributed by atoms with van der Waals surface area (Å²) in [6.07, 6.45) is 3.03. The van der Waals surface area contributed by atoms with Gasteiger partial charge in [0.25, 0.3) is 0 Å². The maximum absolute atomic E-state index is 11.2. The van der Waals surface area contributed by atoms with E-state index in [0.717, 1.165) is 13.1 Å². The van der Waals surface area contributed by atoms with Gasteiger partial charge in [-0.25, -0.2) is 0 Å². The van der Waals surface area contributed by atoms with Gasteiger partial charge in [-0.3, -0.25) is 4.79 Å². The van der Waals surface area contributed by atoms with E-state index < -0.39 is 0 Å². The number of hydrogen-bond acceptors (Lipinski definition) is 3. The maximum Gasteiger partial charge on any atom is 0.220 e. The molecule has 0 bridgehead atoms. The molecule has 4 heteroatoms. The number of piperidine rings is 1. The topological polar surface area (TPSA) is 32.3 Å². The van der Waals surface area contributed by atoms with Crippen LogP contribution in [-0.4, -0.2) is 43.2 Å². The third-order valence-electron chi connectivity index (χ3n) is 2.65. The number of nitrogens with zero attached hydrogens (tertiary/aromatic N) is 1. The Morgan fingerprint density at radius 1 is 1.64 bits per heavy atom. The van der Waals surface area contributed by atoms with E-state index in [4.69, 9.17) is 0 Å². The summed E-state index contributed by atoms with van der Waals surface area (Å²) in [5.41, 5.74) is 0. The van der Waals surface area contributed by atoms with Gasteiger partial charge in [0.15, 0.2) is 0 Å². The minimum absolute atomic E-state index is 0.133. The number of nitrogens with one attached hydrogen (secondary N) is 1. The highest BCUT2D eigenvalue weighted by Gasteiger charge is 2.17. The molecule has 1 unspecified atom stereocenters. The molecule has 0 aromatic carbocycles. The first-order valence-corrected chi connectivity index (χ1v) is 5.91. The van der Waals surface area contributed by atoms with Gasteiger partial charge in [-0.1, -0.05) is 0 Å². The molecule has 0 aromatic rings. The van der Waals surface area contributed by atoms with Crippen molar-refractivity contribution in [3.8, 4) is 0 Å². The lowest BCUT2D eigenvalue weighted by molar-refractivity contribution is -0.120. The van der Waals surface area contributed by atoms with Crippen LogP contribution >= 0.6 is 12.6 Å². The standard InChI is InChI=1S/C10H20N2OS/c1-12-5-2-3-9(8-12)7-11-10(13)4-6-14/h9,14H,2-8H2,1H3,(H,11,13). The molecule has 3 nitrogen and oxygen atoms in total. The van der Waals surface area contributed by atoms with Crippen LogP contribution in [0.3, 0.4) is 0 Å². The molecule has 0 spiro atoms. The third kappa shape index (κ3) is 4.33. The number of carbonyl (C=O) groups excluding carboxylic acids is 1. The quantitative estimate of drug-likeness (QED) is 0.680. The van der Waals surface area contributed by atoms with Gasteiger partial charge in [0, 0.05) is 19.5 Å². The Bertz CT molecular complexity index is 187. The van der Waals surface area contributed by atoms with Crippen LogP contribution in [0.1, 0.15) is 19.3 Å². The first-order valence-electron chi connectivity index (χ1n) is 5.28. The molecule has 82 valence electrons. The van der Waals surface area contributed by atoms with Gasteiger partial charge >= 0.3 is 0 Å². The van der Waals surface area contributed by atoms with E-state index in [1.807, 2.05) is 0 Å². The van der Waals surface area contributed by atoms with Crippen LogP contribution in [0.4, 0.5) is 0 Å². The van der Waals surface area contributed by atoms with Gasteiger partial charge in [0.1, 0.15) is 0 Å². The van der Waals surface area contributed by atoms with Crippen LogP contribution in [0, 0.1) is 5.92 Å². The highest BCUT2D eigenvalue weighted by atomic mass is 32.1. The third-order valence-corrected chi connectivity index (χ3v) is 2.87. The molecule has 1 atom stereocenters. The van der Waals surface area contributed by atoms with Crippen LogP contribution in [-0.2, 0) is 4.79 Å². The molecule has 0 aliphatic carbocycles. The lowest BCUT2D eigenvalue weighted by Gasteiger charge is -2.29. The van der Waals surface area contributed by atoms with Crippen molar-refractivity contribution in [3.05, 3.63) is 0 Å². The molecule has 1 fully saturated rings. The van der Waals surface area contributed by atoms with E-state index in [0.29, 0.717) is 18.1 Å². The second kappa shape index (κ2) is 6.30. The second-order valence-electron chi connectivity index (χ2n) is 4.05. The molecule has 1 aliphatic rings. The van der Waals surface area contributed by atoms with E-state index in [1.165, 1.54) is 19.4 Å². The summed E-state index contributed by atoms with van der Waals surface area (Å²) in [5.74, 6) is 1.40. The van der Waals surface area contributed by atoms with E-state index >= 15 is 0 Å². The van der Waals surface area contributed by atoms with Crippen molar-refractivity contribution in [1.29, 1.82) is 0 Å². The van der Waals surface area contributed by atoms with Crippen molar-refractivity contribution in [2.24, 2.45) is 5.92 Å². The molecule has 1 amide bonds. The zero-order valence-corrected chi connectivity index (χ0v) is 9.72. The van der Waals surface area contributed by atoms with Gasteiger partial charge in [-0.2, -0.15) is 12.6 Å². The minimum atomic E-state index is 0.133. The molecule has 1 aliphatic heterocycles. The van der Waals surface area contributed by atoms with Crippen molar-refractivity contribution in [3.63, 3.8) is 0 Å². The molecular formula is C10H20N2OS. The number of rotatable bonds is 4. The summed E-state index contributed by atoms with van der Waals surface area (Å²) in [6, 6.07) is 0. The van der Waals surface area contributed by atoms with Crippen molar-refractivity contribution < 1.29 is 4.79 Å². The van der Waals surface area contributed by atoms with Gasteiger partial charge in [0.05, 0.1) is 0 Å². The minimum Gasteiger partial charge on any atom is -0.356 e. The monoisotopic (exact) mass is 216 g/mol. The Labute approximate surface area is 91.6 Å². The molecule has 0 radical (unpaired) electrons. The summed E-state index contributed by atoms with van der Waals surface area (Å²) in [7, 11) is 2.14. The van der Waals surface area contributed by atoms with E-state index in [2.05, 4.69) is 29.9 Å². The number of hydrogen-bond donors (Lipinski definition) is 2. The summed E-state index contributed by atoms with van der Waals surface area (Å²) in [5, 5.41) is 2.96. The van der Waals surface area contributed by atoms with Crippen molar-refractivity contribution in [2.75, 3.05) is 32.4 Å². The Kier molecular flexibility index (Phi) is 5.33. The lowest BCUT2D eigenvalue weighted by Crippen LogP contribution is -2.39. The average Bonchev–Trinajstić information content (AvgIpc) is 2.15. The molecular weight excluding hydrogens is 196 g/mol. The van der Waals surface area contributed by atoms with Crippen LogP contribution in [0.25, 0.3) is 0 Å². The van der Waals surface area contributed by atoms with E-state index in [9.17, 15) is 4.79 Å². The molecule has 0 saturated carbocycles. The zero-order valence-electron chi connectivity index (χ0n) is 8.83. The Hall–Kier alpha value is -0.220. The average molecular weight is 216 g/mol. The maximum atomic E-state index is 11.2. The van der Waals surface area contributed by atoms with Gasteiger partial charge in [0.2, 0.25) is 5.91 Å². The van der Waals surface area contributed by atoms with Crippen LogP contribution in [0.5, 0.6) is 0 Å². The van der Waals surface area contributed by atoms with Crippen molar-refractivity contribution in [1.82, 2.24) is 10.2 Å². The normalized spacial score (nSPS) is 23.4. The highest BCUT2D eigenvalue weighted by molar-refractivity contribution is 7.80. The first kappa shape index (κ1) is 11.9. The summed E-state index contributed by atoms with van der Waals surface area (Å²) < 4.78 is 0. The van der Waals surface area contributed by atoms with Gasteiger partial charge in [-0.05, 0) is 38.1 Å². The molecule has 1 N–H and O–H groups in total. The van der Waals surface area contributed by atoms with Crippen LogP contribution < -0.4 is 5.32 Å². The molecule has 1 rings (SSSR count). The summed E-state index contributed by atoms with van der Waals surface area (Å²) >= 11 is 4.03. The molecule has 14 heavy (non-hydrogen) atoms. The fourth-order valence-electron chi connectivity index (χ4n) is 1.89. The Morgan fingerprint density at radius 2 is 2.43 bits per heavy atom. The summed E-state index contributed by atoms with van der Waals surface area (Å²) in [6.45, 7) is 3.14. The largest absolute Gasteiger partial charge is 0.356 e. The Balaban J connectivity index is 2.14. The fraction of sp³-hybridized carbons (Fsp3) is 0.900. The van der Waals surface area contributed by atoms with Crippen molar-refractivity contribution in [2.45, 2.75) is 19.3 Å². The Morgan fingerprint density at radius 3 is 3.07 bits per heavy atom. The smallest absolute Gasteiger partial charge is 0.220 e. The first-order chi connectivity index (χ1) is 6.72. The van der Waals surface area contributed by atoms with Crippen LogP contribution in [0.2, 0.25) is 0 Å². The number of thiol groups is 1. The lowest BCUT2D eigenvalue weighted by atomic mass is 9.98. The van der Waals surface area contributed by atoms with Gasteiger partial charge < -0.3 is 10.2 Å². The highest BCUT2D eigenvalue weighted by Crippen LogP contribution is 2.13. The molecule has 0 aromatic heterocycles. The number of carbonyl (C=O) groups is 1. The van der Waals surface area contributed by atoms with Crippen molar-refractivity contribution >= 4 is 18.5 Å². The SMILES string of the molecule is CN1CCCC(CNC(=O)CCS)C1. The van der Waals surface area contributed by atoms with E-state index in [1.54, 1.807) is 0 Å². The fourth-order valence-corrected chi connectivity index (χ4v) is 2.09. The molecule has 1 heterocycles. The second-order valence-corrected chi connectivity index (χ2v) is 4.50. The predicted molar refractivity (Wildman–Crippen MR) is 61.7 cm³/mol. The summed E-state index contributed by atoms with van der Waals surface area (Å²) in [4.78, 5) is 13.5. The number of amides is 1.